The molecule has 4 N–H and O–H groups in total. The highest BCUT2D eigenvalue weighted by Crippen LogP contribution is 2.36. The van der Waals surface area contributed by atoms with Crippen molar-refractivity contribution >= 4 is 55.0 Å². The Balaban J connectivity index is 2.17. The van der Waals surface area contributed by atoms with Gasteiger partial charge in [-0.3, -0.25) is 4.79 Å². The van der Waals surface area contributed by atoms with Crippen molar-refractivity contribution in [2.24, 2.45) is 15.7 Å². The predicted octanol–water partition coefficient (Wildman–Crippen LogP) is 1.44. The van der Waals surface area contributed by atoms with Gasteiger partial charge in [-0.15, -0.1) is 0 Å². The molecule has 1 amide bonds. The van der Waals surface area contributed by atoms with Crippen molar-refractivity contribution in [2.45, 2.75) is 0 Å². The first-order chi connectivity index (χ1) is 9.08. The van der Waals surface area contributed by atoms with Crippen LogP contribution in [0.4, 0.5) is 0 Å². The van der Waals surface area contributed by atoms with E-state index in [2.05, 4.69) is 52.1 Å². The molecule has 0 spiro atoms. The largest absolute Gasteiger partial charge is 0.368 e. The fourth-order valence-corrected chi connectivity index (χ4v) is 2.99. The number of aromatic amines is 1. The number of nitrogens with zero attached hydrogens (tertiary/aromatic N) is 2. The monoisotopic (exact) mass is 385 g/mol. The molecule has 0 unspecified atom stereocenters. The Labute approximate surface area is 125 Å². The molecular weight excluding hydrogens is 378 g/mol. The third-order valence-electron chi connectivity index (χ3n) is 2.91. The first-order valence-corrected chi connectivity index (χ1v) is 7.10. The molecule has 6 nitrogen and oxygen atoms in total. The van der Waals surface area contributed by atoms with Gasteiger partial charge in [-0.1, -0.05) is 6.08 Å². The fourth-order valence-electron chi connectivity index (χ4n) is 2.08. The van der Waals surface area contributed by atoms with E-state index in [1.54, 1.807) is 0 Å². The van der Waals surface area contributed by atoms with Gasteiger partial charge in [-0.2, -0.15) is 0 Å². The third kappa shape index (κ3) is 2.04. The van der Waals surface area contributed by atoms with Crippen molar-refractivity contribution in [1.82, 2.24) is 10.3 Å². The number of aliphatic imine (C=N–C) groups is 2. The summed E-state index contributed by atoms with van der Waals surface area (Å²) in [5, 5.41) is 2.79. The molecular formula is C11H9Br2N5O. The maximum Gasteiger partial charge on any atom is 0.268 e. The lowest BCUT2D eigenvalue weighted by Crippen LogP contribution is -2.22. The number of aromatic nitrogens is 1. The van der Waals surface area contributed by atoms with Crippen LogP contribution in [0, 0.1) is 0 Å². The maximum atomic E-state index is 12.0. The molecule has 2 aliphatic rings. The van der Waals surface area contributed by atoms with Crippen LogP contribution < -0.4 is 11.1 Å². The molecule has 19 heavy (non-hydrogen) atoms. The van der Waals surface area contributed by atoms with Gasteiger partial charge in [0.25, 0.3) is 5.91 Å². The number of halogens is 2. The van der Waals surface area contributed by atoms with Crippen LogP contribution in [-0.4, -0.2) is 35.7 Å². The van der Waals surface area contributed by atoms with E-state index >= 15 is 0 Å². The lowest BCUT2D eigenvalue weighted by Gasteiger charge is -2.05. The summed E-state index contributed by atoms with van der Waals surface area (Å²) in [6, 6.07) is 0. The minimum absolute atomic E-state index is 0.153. The average Bonchev–Trinajstić information content (AvgIpc) is 2.87. The zero-order valence-electron chi connectivity index (χ0n) is 9.63. The molecule has 3 heterocycles. The van der Waals surface area contributed by atoms with Gasteiger partial charge in [0.1, 0.15) is 5.69 Å². The van der Waals surface area contributed by atoms with Crippen molar-refractivity contribution in [3.8, 4) is 0 Å². The number of H-pyrrole nitrogens is 1. The van der Waals surface area contributed by atoms with Crippen molar-refractivity contribution in [1.29, 1.82) is 0 Å². The highest BCUT2D eigenvalue weighted by molar-refractivity contribution is 9.13. The summed E-state index contributed by atoms with van der Waals surface area (Å²) >= 11 is 6.85. The number of fused-ring (bicyclic) bond motifs is 1. The van der Waals surface area contributed by atoms with Crippen LogP contribution in [0.25, 0.3) is 5.57 Å². The number of hydrogen-bond donors (Lipinski definition) is 3. The summed E-state index contributed by atoms with van der Waals surface area (Å²) in [5.74, 6) is 0.117. The summed E-state index contributed by atoms with van der Waals surface area (Å²) in [5.41, 5.74) is 8.50. The Kier molecular flexibility index (Phi) is 3.06. The summed E-state index contributed by atoms with van der Waals surface area (Å²) in [4.78, 5) is 23.3. The van der Waals surface area contributed by atoms with Crippen LogP contribution in [0.2, 0.25) is 0 Å². The lowest BCUT2D eigenvalue weighted by atomic mass is 10.0. The lowest BCUT2D eigenvalue weighted by molar-refractivity contribution is 0.0954. The Morgan fingerprint density at radius 1 is 1.37 bits per heavy atom. The van der Waals surface area contributed by atoms with E-state index in [1.165, 1.54) is 0 Å². The van der Waals surface area contributed by atoms with Gasteiger partial charge in [0, 0.05) is 17.7 Å². The zero-order chi connectivity index (χ0) is 13.6. The second kappa shape index (κ2) is 4.61. The number of nitrogens with two attached hydrogens (primary N) is 1. The van der Waals surface area contributed by atoms with Crippen molar-refractivity contribution < 1.29 is 4.79 Å². The summed E-state index contributed by atoms with van der Waals surface area (Å²) in [6.07, 6.45) is 1.92. The zero-order valence-corrected chi connectivity index (χ0v) is 12.8. The van der Waals surface area contributed by atoms with E-state index in [1.807, 2.05) is 6.08 Å². The van der Waals surface area contributed by atoms with Crippen LogP contribution in [0.5, 0.6) is 0 Å². The minimum Gasteiger partial charge on any atom is -0.368 e. The maximum absolute atomic E-state index is 12.0. The highest BCUT2D eigenvalue weighted by Gasteiger charge is 2.27. The van der Waals surface area contributed by atoms with Gasteiger partial charge >= 0.3 is 0 Å². The number of guanidine groups is 1. The second-order valence-electron chi connectivity index (χ2n) is 4.06. The van der Waals surface area contributed by atoms with E-state index in [9.17, 15) is 4.79 Å². The topological polar surface area (TPSA) is 95.6 Å². The molecule has 0 saturated heterocycles. The van der Waals surface area contributed by atoms with Crippen molar-refractivity contribution in [3.05, 3.63) is 26.4 Å². The quantitative estimate of drug-likeness (QED) is 0.680. The highest BCUT2D eigenvalue weighted by atomic mass is 79.9. The first-order valence-electron chi connectivity index (χ1n) is 5.51. The van der Waals surface area contributed by atoms with Crippen LogP contribution in [0.1, 0.15) is 16.1 Å². The number of carbonyl (C=O) groups excluding carboxylic acids is 1. The molecule has 98 valence electrons. The number of carbonyl (C=O) groups is 1. The number of amides is 1. The summed E-state index contributed by atoms with van der Waals surface area (Å²) in [7, 11) is 0. The average molecular weight is 387 g/mol. The summed E-state index contributed by atoms with van der Waals surface area (Å²) < 4.78 is 1.51. The minimum atomic E-state index is -0.153. The third-order valence-corrected chi connectivity index (χ3v) is 4.83. The van der Waals surface area contributed by atoms with Gasteiger partial charge < -0.3 is 16.0 Å². The molecule has 0 saturated carbocycles. The molecule has 0 fully saturated rings. The van der Waals surface area contributed by atoms with E-state index < -0.39 is 0 Å². The second-order valence-corrected chi connectivity index (χ2v) is 5.65. The smallest absolute Gasteiger partial charge is 0.268 e. The Hall–Kier alpha value is -1.41. The molecule has 8 heteroatoms. The van der Waals surface area contributed by atoms with E-state index in [0.717, 1.165) is 21.3 Å². The molecule has 0 aromatic carbocycles. The predicted molar refractivity (Wildman–Crippen MR) is 80.4 cm³/mol. The van der Waals surface area contributed by atoms with Crippen LogP contribution in [-0.2, 0) is 0 Å². The molecule has 0 aliphatic carbocycles. The van der Waals surface area contributed by atoms with Gasteiger partial charge in [0.05, 0.1) is 21.3 Å². The number of rotatable bonds is 1. The van der Waals surface area contributed by atoms with Crippen LogP contribution in [0.15, 0.2) is 25.1 Å². The summed E-state index contributed by atoms with van der Waals surface area (Å²) in [6.45, 7) is 0.875. The van der Waals surface area contributed by atoms with E-state index in [4.69, 9.17) is 5.73 Å². The Bertz CT molecular complexity index is 671. The van der Waals surface area contributed by atoms with Gasteiger partial charge in [0.15, 0.2) is 0 Å². The van der Waals surface area contributed by atoms with Crippen LogP contribution in [0.3, 0.4) is 0 Å². The van der Waals surface area contributed by atoms with Crippen molar-refractivity contribution in [2.75, 3.05) is 13.1 Å². The van der Waals surface area contributed by atoms with Gasteiger partial charge in [-0.05, 0) is 31.9 Å². The molecule has 0 atom stereocenters. The molecule has 1 aromatic heterocycles. The standard InChI is InChI=1S/C11H9Br2N5O/c12-7-6-4(5-3-16-11(14)17-5)1-2-15-10(19)8(6)18-9(7)13/h1,18H,2-3H2,(H2,14,16)(H,15,19). The molecule has 3 rings (SSSR count). The number of hydrogen-bond acceptors (Lipinski definition) is 4. The van der Waals surface area contributed by atoms with E-state index in [0.29, 0.717) is 23.4 Å². The first kappa shape index (κ1) is 12.6. The van der Waals surface area contributed by atoms with Gasteiger partial charge in [-0.25, -0.2) is 9.98 Å². The molecule has 1 aromatic rings. The number of nitrogens with one attached hydrogen (secondary N) is 2. The normalized spacial score (nSPS) is 18.2. The van der Waals surface area contributed by atoms with Crippen LogP contribution >= 0.6 is 31.9 Å². The van der Waals surface area contributed by atoms with Crippen molar-refractivity contribution in [3.63, 3.8) is 0 Å². The fraction of sp³-hybridized carbons (Fsp3) is 0.182. The van der Waals surface area contributed by atoms with Gasteiger partial charge in [0.2, 0.25) is 5.96 Å². The van der Waals surface area contributed by atoms with E-state index in [-0.39, 0.29) is 11.9 Å². The SMILES string of the molecule is NC1=NCC(C2=CCNC(=O)c3[nH]c(Br)c(Br)c32)=N1. The molecule has 2 aliphatic heterocycles. The Morgan fingerprint density at radius 2 is 2.16 bits per heavy atom. The molecule has 0 radical (unpaired) electrons. The molecule has 0 bridgehead atoms. The Morgan fingerprint density at radius 3 is 2.84 bits per heavy atom.